The maximum Gasteiger partial charge on any atom is 0.0450 e. The van der Waals surface area contributed by atoms with Crippen LogP contribution in [0.3, 0.4) is 0 Å². The van der Waals surface area contributed by atoms with Gasteiger partial charge in [0.1, 0.15) is 0 Å². The predicted octanol–water partition coefficient (Wildman–Crippen LogP) is 2.72. The Labute approximate surface area is 77.6 Å². The van der Waals surface area contributed by atoms with Gasteiger partial charge >= 0.3 is 0 Å². The number of rotatable bonds is 3. The summed E-state index contributed by atoms with van der Waals surface area (Å²) in [6.45, 7) is 2.23. The van der Waals surface area contributed by atoms with E-state index in [1.807, 2.05) is 0 Å². The van der Waals surface area contributed by atoms with Crippen molar-refractivity contribution < 1.29 is 0 Å². The number of nitrogens with two attached hydrogens (primary N) is 1. The van der Waals surface area contributed by atoms with Crippen LogP contribution in [0.1, 0.15) is 31.7 Å². The van der Waals surface area contributed by atoms with E-state index in [0.717, 1.165) is 5.92 Å². The number of thiophene rings is 1. The lowest BCUT2D eigenvalue weighted by atomic mass is 10.1. The SMILES string of the molecule is CCCC1CC1(N)c1ccsc1. The summed E-state index contributed by atoms with van der Waals surface area (Å²) in [4.78, 5) is 0. The molecule has 0 aromatic carbocycles. The molecule has 1 aromatic heterocycles. The topological polar surface area (TPSA) is 26.0 Å². The molecule has 2 heteroatoms. The Kier molecular flexibility index (Phi) is 1.97. The molecule has 0 spiro atoms. The molecule has 1 nitrogen and oxygen atoms in total. The van der Waals surface area contributed by atoms with Crippen LogP contribution in [0, 0.1) is 5.92 Å². The molecule has 1 aliphatic rings. The summed E-state index contributed by atoms with van der Waals surface area (Å²) >= 11 is 1.75. The lowest BCUT2D eigenvalue weighted by Crippen LogP contribution is -2.21. The Hall–Kier alpha value is -0.340. The Morgan fingerprint density at radius 1 is 1.75 bits per heavy atom. The lowest BCUT2D eigenvalue weighted by molar-refractivity contribution is 0.585. The third-order valence-corrected chi connectivity index (χ3v) is 3.53. The molecule has 0 radical (unpaired) electrons. The Balaban J connectivity index is 2.07. The van der Waals surface area contributed by atoms with E-state index in [-0.39, 0.29) is 5.54 Å². The molecular weight excluding hydrogens is 166 g/mol. The fourth-order valence-corrected chi connectivity index (χ4v) is 2.69. The van der Waals surface area contributed by atoms with E-state index in [4.69, 9.17) is 5.73 Å². The average molecular weight is 181 g/mol. The summed E-state index contributed by atoms with van der Waals surface area (Å²) in [5.74, 6) is 0.747. The largest absolute Gasteiger partial charge is 0.321 e. The molecule has 0 bridgehead atoms. The van der Waals surface area contributed by atoms with E-state index >= 15 is 0 Å². The Bertz CT molecular complexity index is 255. The van der Waals surface area contributed by atoms with Crippen molar-refractivity contribution in [2.75, 3.05) is 0 Å². The molecule has 2 N–H and O–H groups in total. The zero-order valence-electron chi connectivity index (χ0n) is 7.42. The van der Waals surface area contributed by atoms with Gasteiger partial charge in [0.05, 0.1) is 0 Å². The minimum Gasteiger partial charge on any atom is -0.321 e. The second-order valence-corrected chi connectivity index (χ2v) is 4.52. The van der Waals surface area contributed by atoms with Crippen LogP contribution in [0.4, 0.5) is 0 Å². The van der Waals surface area contributed by atoms with Crippen LogP contribution in [0.15, 0.2) is 16.8 Å². The number of hydrogen-bond donors (Lipinski definition) is 1. The molecule has 0 amide bonds. The molecule has 2 rings (SSSR count). The van der Waals surface area contributed by atoms with Gasteiger partial charge in [-0.1, -0.05) is 13.3 Å². The van der Waals surface area contributed by atoms with Gasteiger partial charge in [0, 0.05) is 5.54 Å². The second-order valence-electron chi connectivity index (χ2n) is 3.74. The first-order valence-corrected chi connectivity index (χ1v) is 5.53. The summed E-state index contributed by atoms with van der Waals surface area (Å²) in [7, 11) is 0. The first-order chi connectivity index (χ1) is 5.77. The first-order valence-electron chi connectivity index (χ1n) is 4.59. The van der Waals surface area contributed by atoms with E-state index in [1.54, 1.807) is 11.3 Å². The molecule has 1 aliphatic carbocycles. The van der Waals surface area contributed by atoms with Crippen molar-refractivity contribution in [2.45, 2.75) is 31.7 Å². The minimum atomic E-state index is 0.0516. The van der Waals surface area contributed by atoms with Crippen molar-refractivity contribution in [3.63, 3.8) is 0 Å². The van der Waals surface area contributed by atoms with Crippen LogP contribution < -0.4 is 5.73 Å². The van der Waals surface area contributed by atoms with Crippen molar-refractivity contribution >= 4 is 11.3 Å². The summed E-state index contributed by atoms with van der Waals surface area (Å²) in [6.07, 6.45) is 3.73. The highest BCUT2D eigenvalue weighted by molar-refractivity contribution is 7.08. The molecule has 2 unspecified atom stereocenters. The lowest BCUT2D eigenvalue weighted by Gasteiger charge is -2.08. The van der Waals surface area contributed by atoms with Crippen molar-refractivity contribution in [2.24, 2.45) is 11.7 Å². The zero-order chi connectivity index (χ0) is 8.60. The van der Waals surface area contributed by atoms with Crippen LogP contribution in [0.25, 0.3) is 0 Å². The highest BCUT2D eigenvalue weighted by Gasteiger charge is 2.51. The van der Waals surface area contributed by atoms with Crippen LogP contribution in [-0.2, 0) is 5.54 Å². The van der Waals surface area contributed by atoms with Gasteiger partial charge in [0.2, 0.25) is 0 Å². The molecular formula is C10H15NS. The van der Waals surface area contributed by atoms with Crippen molar-refractivity contribution in [3.05, 3.63) is 22.4 Å². The molecule has 1 saturated carbocycles. The standard InChI is InChI=1S/C10H15NS/c1-2-3-8-6-10(8,11)9-4-5-12-7-9/h4-5,7-8H,2-3,6,11H2,1H3. The molecule has 1 fully saturated rings. The molecule has 66 valence electrons. The zero-order valence-corrected chi connectivity index (χ0v) is 8.23. The van der Waals surface area contributed by atoms with Gasteiger partial charge in [-0.3, -0.25) is 0 Å². The molecule has 12 heavy (non-hydrogen) atoms. The Morgan fingerprint density at radius 3 is 3.17 bits per heavy atom. The third kappa shape index (κ3) is 1.19. The molecule has 1 aromatic rings. The number of hydrogen-bond acceptors (Lipinski definition) is 2. The second kappa shape index (κ2) is 2.86. The van der Waals surface area contributed by atoms with E-state index in [1.165, 1.54) is 24.8 Å². The van der Waals surface area contributed by atoms with Crippen molar-refractivity contribution in [1.82, 2.24) is 0 Å². The summed E-state index contributed by atoms with van der Waals surface area (Å²) in [6, 6.07) is 2.17. The molecule has 1 heterocycles. The normalized spacial score (nSPS) is 33.7. The van der Waals surface area contributed by atoms with Crippen molar-refractivity contribution in [1.29, 1.82) is 0 Å². The molecule has 0 saturated heterocycles. The Morgan fingerprint density at radius 2 is 2.58 bits per heavy atom. The van der Waals surface area contributed by atoms with E-state index < -0.39 is 0 Å². The predicted molar refractivity (Wildman–Crippen MR) is 53.2 cm³/mol. The smallest absolute Gasteiger partial charge is 0.0450 e. The highest BCUT2D eigenvalue weighted by Crippen LogP contribution is 2.52. The fourth-order valence-electron chi connectivity index (χ4n) is 1.94. The maximum absolute atomic E-state index is 6.25. The quantitative estimate of drug-likeness (QED) is 0.762. The van der Waals surface area contributed by atoms with E-state index in [9.17, 15) is 0 Å². The van der Waals surface area contributed by atoms with Crippen LogP contribution in [-0.4, -0.2) is 0 Å². The maximum atomic E-state index is 6.25. The van der Waals surface area contributed by atoms with Crippen LogP contribution in [0.5, 0.6) is 0 Å². The minimum absolute atomic E-state index is 0.0516. The monoisotopic (exact) mass is 181 g/mol. The molecule has 2 atom stereocenters. The van der Waals surface area contributed by atoms with Gasteiger partial charge < -0.3 is 5.73 Å². The van der Waals surface area contributed by atoms with E-state index in [2.05, 4.69) is 23.8 Å². The van der Waals surface area contributed by atoms with Crippen molar-refractivity contribution in [3.8, 4) is 0 Å². The highest BCUT2D eigenvalue weighted by atomic mass is 32.1. The van der Waals surface area contributed by atoms with Gasteiger partial charge in [0.25, 0.3) is 0 Å². The fraction of sp³-hybridized carbons (Fsp3) is 0.600. The van der Waals surface area contributed by atoms with Crippen LogP contribution in [0.2, 0.25) is 0 Å². The average Bonchev–Trinajstić information content (AvgIpc) is 2.57. The third-order valence-electron chi connectivity index (χ3n) is 2.85. The van der Waals surface area contributed by atoms with Crippen LogP contribution >= 0.6 is 11.3 Å². The first kappa shape index (κ1) is 8.27. The summed E-state index contributed by atoms with van der Waals surface area (Å²) < 4.78 is 0. The summed E-state index contributed by atoms with van der Waals surface area (Å²) in [5, 5.41) is 4.31. The summed E-state index contributed by atoms with van der Waals surface area (Å²) in [5.41, 5.74) is 7.65. The van der Waals surface area contributed by atoms with Gasteiger partial charge in [0.15, 0.2) is 0 Å². The van der Waals surface area contributed by atoms with Gasteiger partial charge in [-0.15, -0.1) is 0 Å². The van der Waals surface area contributed by atoms with Gasteiger partial charge in [-0.2, -0.15) is 11.3 Å². The van der Waals surface area contributed by atoms with Gasteiger partial charge in [-0.05, 0) is 41.1 Å². The molecule has 0 aliphatic heterocycles. The van der Waals surface area contributed by atoms with E-state index in [0.29, 0.717) is 0 Å². The van der Waals surface area contributed by atoms with Gasteiger partial charge in [-0.25, -0.2) is 0 Å².